The molecule has 0 fully saturated rings. The molecule has 176 valence electrons. The molecular weight excluding hydrogens is 418 g/mol. The predicted molar refractivity (Wildman–Crippen MR) is 134 cm³/mol. The number of pyridine rings is 1. The van der Waals surface area contributed by atoms with Crippen molar-refractivity contribution in [2.75, 3.05) is 31.9 Å². The molecule has 0 radical (unpaired) electrons. The van der Waals surface area contributed by atoms with E-state index in [4.69, 9.17) is 0 Å². The fraction of sp³-hybridized carbons (Fsp3) is 0.577. The van der Waals surface area contributed by atoms with Gasteiger partial charge in [-0.05, 0) is 81.9 Å². The maximum atomic E-state index is 10.1. The first kappa shape index (κ1) is 24.9. The Labute approximate surface area is 197 Å². The number of aromatic hydroxyl groups is 2. The van der Waals surface area contributed by atoms with Crippen molar-refractivity contribution in [1.29, 1.82) is 0 Å². The standard InChI is InChI=1S/C26H39N3O2S/c1-2-17-29(22-8-9-24-21(20-22)7-10-25(30)26(24)31)18-6-4-3-5-13-27-16-19-32-23-11-14-28-15-12-23/h7,10-12,14-15,22,27,30-31H,2-6,8-9,13,16-20H2,1H3. The molecule has 1 atom stereocenters. The molecule has 1 heterocycles. The maximum Gasteiger partial charge on any atom is 0.160 e. The van der Waals surface area contributed by atoms with E-state index >= 15 is 0 Å². The van der Waals surface area contributed by atoms with Crippen molar-refractivity contribution >= 4 is 11.8 Å². The SMILES string of the molecule is CCCN(CCCCCCNCCSc1ccncc1)C1CCc2c(ccc(O)c2O)C1. The van der Waals surface area contributed by atoms with E-state index in [2.05, 4.69) is 34.3 Å². The van der Waals surface area contributed by atoms with Gasteiger partial charge in [0.05, 0.1) is 0 Å². The van der Waals surface area contributed by atoms with E-state index in [9.17, 15) is 10.2 Å². The number of nitrogens with one attached hydrogen (secondary N) is 1. The smallest absolute Gasteiger partial charge is 0.160 e. The van der Waals surface area contributed by atoms with Crippen LogP contribution in [0, 0.1) is 0 Å². The van der Waals surface area contributed by atoms with Gasteiger partial charge in [-0.3, -0.25) is 4.98 Å². The zero-order chi connectivity index (χ0) is 22.6. The summed E-state index contributed by atoms with van der Waals surface area (Å²) in [6.45, 7) is 6.71. The summed E-state index contributed by atoms with van der Waals surface area (Å²) < 4.78 is 0. The normalized spacial score (nSPS) is 15.8. The summed E-state index contributed by atoms with van der Waals surface area (Å²) in [5.41, 5.74) is 2.15. The Morgan fingerprint density at radius 3 is 2.66 bits per heavy atom. The minimum atomic E-state index is 0.00889. The minimum absolute atomic E-state index is 0.00889. The number of benzene rings is 1. The van der Waals surface area contributed by atoms with Crippen molar-refractivity contribution in [2.45, 2.75) is 69.2 Å². The van der Waals surface area contributed by atoms with E-state index in [1.807, 2.05) is 30.2 Å². The van der Waals surface area contributed by atoms with Crippen LogP contribution in [0.25, 0.3) is 0 Å². The van der Waals surface area contributed by atoms with E-state index in [0.29, 0.717) is 6.04 Å². The molecule has 0 saturated carbocycles. The lowest BCUT2D eigenvalue weighted by Crippen LogP contribution is -2.40. The zero-order valence-electron chi connectivity index (χ0n) is 19.4. The second kappa shape index (κ2) is 13.7. The highest BCUT2D eigenvalue weighted by Crippen LogP contribution is 2.36. The summed E-state index contributed by atoms with van der Waals surface area (Å²) in [6.07, 6.45) is 12.8. The Morgan fingerprint density at radius 2 is 1.84 bits per heavy atom. The van der Waals surface area contributed by atoms with Crippen molar-refractivity contribution in [3.63, 3.8) is 0 Å². The van der Waals surface area contributed by atoms with Gasteiger partial charge in [-0.25, -0.2) is 0 Å². The van der Waals surface area contributed by atoms with Crippen molar-refractivity contribution < 1.29 is 10.2 Å². The molecule has 32 heavy (non-hydrogen) atoms. The highest BCUT2D eigenvalue weighted by Gasteiger charge is 2.26. The quantitative estimate of drug-likeness (QED) is 0.211. The summed E-state index contributed by atoms with van der Waals surface area (Å²) in [7, 11) is 0. The average molecular weight is 458 g/mol. The van der Waals surface area contributed by atoms with E-state index in [1.165, 1.54) is 42.6 Å². The Morgan fingerprint density at radius 1 is 1.03 bits per heavy atom. The first-order chi connectivity index (χ1) is 15.7. The van der Waals surface area contributed by atoms with Crippen LogP contribution in [0.3, 0.4) is 0 Å². The lowest BCUT2D eigenvalue weighted by molar-refractivity contribution is 0.175. The van der Waals surface area contributed by atoms with Gasteiger partial charge >= 0.3 is 0 Å². The van der Waals surface area contributed by atoms with Crippen LogP contribution in [0.4, 0.5) is 0 Å². The topological polar surface area (TPSA) is 68.6 Å². The molecule has 6 heteroatoms. The number of phenols is 2. The molecule has 5 nitrogen and oxygen atoms in total. The molecule has 3 N–H and O–H groups in total. The molecule has 1 unspecified atom stereocenters. The van der Waals surface area contributed by atoms with E-state index < -0.39 is 0 Å². The van der Waals surface area contributed by atoms with E-state index in [1.54, 1.807) is 6.07 Å². The fourth-order valence-electron chi connectivity index (χ4n) is 4.60. The highest BCUT2D eigenvalue weighted by atomic mass is 32.2. The molecule has 1 aromatic heterocycles. The van der Waals surface area contributed by atoms with Gasteiger partial charge in [-0.15, -0.1) is 11.8 Å². The third kappa shape index (κ3) is 7.68. The Balaban J connectivity index is 1.28. The number of aromatic nitrogens is 1. The first-order valence-electron chi connectivity index (χ1n) is 12.2. The lowest BCUT2D eigenvalue weighted by atomic mass is 9.86. The first-order valence-corrected chi connectivity index (χ1v) is 13.2. The van der Waals surface area contributed by atoms with Crippen LogP contribution < -0.4 is 5.32 Å². The molecular formula is C26H39N3O2S. The van der Waals surface area contributed by atoms with Gasteiger partial charge in [-0.1, -0.05) is 25.8 Å². The Hall–Kier alpha value is -1.76. The monoisotopic (exact) mass is 457 g/mol. The molecule has 3 rings (SSSR count). The number of phenolic OH excluding ortho intramolecular Hbond substituents is 2. The van der Waals surface area contributed by atoms with Gasteiger partial charge in [0, 0.05) is 41.2 Å². The van der Waals surface area contributed by atoms with Crippen LogP contribution in [-0.4, -0.2) is 58.1 Å². The van der Waals surface area contributed by atoms with Crippen LogP contribution in [0.1, 0.15) is 56.6 Å². The van der Waals surface area contributed by atoms with Crippen molar-refractivity contribution in [1.82, 2.24) is 15.2 Å². The van der Waals surface area contributed by atoms with Gasteiger partial charge in [0.15, 0.2) is 11.5 Å². The second-order valence-corrected chi connectivity index (χ2v) is 9.87. The van der Waals surface area contributed by atoms with Crippen LogP contribution >= 0.6 is 11.8 Å². The predicted octanol–water partition coefficient (Wildman–Crippen LogP) is 5.00. The largest absolute Gasteiger partial charge is 0.504 e. The van der Waals surface area contributed by atoms with Gasteiger partial charge in [0.2, 0.25) is 0 Å². The number of unbranched alkanes of at least 4 members (excludes halogenated alkanes) is 3. The number of rotatable bonds is 14. The molecule has 0 aliphatic heterocycles. The zero-order valence-corrected chi connectivity index (χ0v) is 20.2. The summed E-state index contributed by atoms with van der Waals surface area (Å²) >= 11 is 1.88. The number of hydrogen-bond acceptors (Lipinski definition) is 6. The summed E-state index contributed by atoms with van der Waals surface area (Å²) in [5.74, 6) is 1.19. The van der Waals surface area contributed by atoms with E-state index in [0.717, 1.165) is 56.8 Å². The maximum absolute atomic E-state index is 10.1. The molecule has 0 saturated heterocycles. The van der Waals surface area contributed by atoms with Gasteiger partial charge in [0.25, 0.3) is 0 Å². The number of thioether (sulfide) groups is 1. The van der Waals surface area contributed by atoms with Crippen molar-refractivity contribution in [3.8, 4) is 11.5 Å². The summed E-state index contributed by atoms with van der Waals surface area (Å²) in [5, 5.41) is 23.5. The van der Waals surface area contributed by atoms with Gasteiger partial charge in [0.1, 0.15) is 0 Å². The van der Waals surface area contributed by atoms with Gasteiger partial charge < -0.3 is 20.4 Å². The third-order valence-corrected chi connectivity index (χ3v) is 7.33. The summed E-state index contributed by atoms with van der Waals surface area (Å²) in [6, 6.07) is 8.29. The molecule has 1 aliphatic rings. The molecule has 2 aromatic rings. The number of hydrogen-bond donors (Lipinski definition) is 3. The number of fused-ring (bicyclic) bond motifs is 1. The summed E-state index contributed by atoms with van der Waals surface area (Å²) in [4.78, 5) is 7.99. The molecule has 1 aromatic carbocycles. The third-order valence-electron chi connectivity index (χ3n) is 6.31. The fourth-order valence-corrected chi connectivity index (χ4v) is 5.39. The van der Waals surface area contributed by atoms with Gasteiger partial charge in [-0.2, -0.15) is 0 Å². The van der Waals surface area contributed by atoms with Crippen molar-refractivity contribution in [2.24, 2.45) is 0 Å². The van der Waals surface area contributed by atoms with Crippen LogP contribution in [-0.2, 0) is 12.8 Å². The molecule has 0 spiro atoms. The molecule has 0 amide bonds. The molecule has 1 aliphatic carbocycles. The number of nitrogens with zero attached hydrogens (tertiary/aromatic N) is 2. The lowest BCUT2D eigenvalue weighted by Gasteiger charge is -2.35. The highest BCUT2D eigenvalue weighted by molar-refractivity contribution is 7.99. The Kier molecular flexibility index (Phi) is 10.7. The second-order valence-electron chi connectivity index (χ2n) is 8.70. The molecule has 0 bridgehead atoms. The minimum Gasteiger partial charge on any atom is -0.504 e. The van der Waals surface area contributed by atoms with E-state index in [-0.39, 0.29) is 11.5 Å². The van der Waals surface area contributed by atoms with Crippen LogP contribution in [0.2, 0.25) is 0 Å². The average Bonchev–Trinajstić information content (AvgIpc) is 2.82. The van der Waals surface area contributed by atoms with Crippen molar-refractivity contribution in [3.05, 3.63) is 47.8 Å². The Bertz CT molecular complexity index is 803. The van der Waals surface area contributed by atoms with Crippen LogP contribution in [0.15, 0.2) is 41.6 Å². The van der Waals surface area contributed by atoms with Crippen LogP contribution in [0.5, 0.6) is 11.5 Å².